The highest BCUT2D eigenvalue weighted by Crippen LogP contribution is 2.27. The molecule has 3 atom stereocenters. The Morgan fingerprint density at radius 3 is 2.96 bits per heavy atom. The molecule has 4 aliphatic rings. The summed E-state index contributed by atoms with van der Waals surface area (Å²) in [6.45, 7) is 2.09. The predicted molar refractivity (Wildman–Crippen MR) is 113 cm³/mol. The first-order chi connectivity index (χ1) is 13.8. The highest BCUT2D eigenvalue weighted by molar-refractivity contribution is 5.97. The molecule has 0 aromatic heterocycles. The Labute approximate surface area is 165 Å². The van der Waals surface area contributed by atoms with Gasteiger partial charge in [-0.1, -0.05) is 36.4 Å². The first-order valence-corrected chi connectivity index (χ1v) is 10.1. The highest BCUT2D eigenvalue weighted by atomic mass is 15.5. The zero-order valence-corrected chi connectivity index (χ0v) is 15.9. The molecule has 144 valence electrons. The van der Waals surface area contributed by atoms with Crippen LogP contribution in [0.5, 0.6) is 0 Å². The van der Waals surface area contributed by atoms with Crippen LogP contribution < -0.4 is 16.0 Å². The number of hydrogen-bond acceptors (Lipinski definition) is 6. The molecule has 3 N–H and O–H groups in total. The van der Waals surface area contributed by atoms with Gasteiger partial charge in [0.1, 0.15) is 12.0 Å². The smallest absolute Gasteiger partial charge is 0.140 e. The van der Waals surface area contributed by atoms with Gasteiger partial charge >= 0.3 is 0 Å². The van der Waals surface area contributed by atoms with Crippen molar-refractivity contribution >= 4 is 11.5 Å². The fraction of sp³-hybridized carbons (Fsp3) is 0.364. The number of aliphatic imine (C=N–C) groups is 1. The lowest BCUT2D eigenvalue weighted by Crippen LogP contribution is -2.39. The molecule has 6 heteroatoms. The standard InChI is InChI=1S/C22H26N6/c1-2-5-16(6-3-1)13-17-9-10-22-24-15-20(28(22)27-17)19-7-4-8-21(26-19)25-18-11-12-23-14-18/h1-6,8-10,15,18-19,22-24H,7,11-14H2,(H,25,26). The van der Waals surface area contributed by atoms with E-state index in [1.165, 1.54) is 5.56 Å². The Hall–Kier alpha value is -2.86. The number of rotatable bonds is 4. The van der Waals surface area contributed by atoms with E-state index in [1.54, 1.807) is 0 Å². The number of amidine groups is 1. The van der Waals surface area contributed by atoms with Crippen LogP contribution in [-0.2, 0) is 6.42 Å². The minimum Gasteiger partial charge on any atom is -0.366 e. The van der Waals surface area contributed by atoms with Gasteiger partial charge in [0.15, 0.2) is 0 Å². The normalized spacial score (nSPS) is 28.4. The Bertz CT molecular complexity index is 860. The quantitative estimate of drug-likeness (QED) is 0.753. The lowest BCUT2D eigenvalue weighted by Gasteiger charge is -2.29. The lowest BCUT2D eigenvalue weighted by atomic mass is 10.1. The Balaban J connectivity index is 1.31. The number of benzene rings is 1. The van der Waals surface area contributed by atoms with Gasteiger partial charge in [-0.25, -0.2) is 5.01 Å². The average Bonchev–Trinajstić information content (AvgIpc) is 3.38. The zero-order valence-electron chi connectivity index (χ0n) is 15.9. The molecule has 1 fully saturated rings. The monoisotopic (exact) mass is 374 g/mol. The predicted octanol–water partition coefficient (Wildman–Crippen LogP) is 1.91. The van der Waals surface area contributed by atoms with Crippen molar-refractivity contribution in [2.75, 3.05) is 13.1 Å². The van der Waals surface area contributed by atoms with Gasteiger partial charge in [0, 0.05) is 25.2 Å². The number of nitrogens with one attached hydrogen (secondary N) is 3. The third-order valence-electron chi connectivity index (χ3n) is 5.55. The number of allylic oxidation sites excluding steroid dienone is 1. The number of dihydropyridines is 1. The van der Waals surface area contributed by atoms with Crippen molar-refractivity contribution < 1.29 is 0 Å². The van der Waals surface area contributed by atoms with Gasteiger partial charge in [0.25, 0.3) is 0 Å². The fourth-order valence-corrected chi connectivity index (χ4v) is 4.08. The van der Waals surface area contributed by atoms with Gasteiger partial charge in [0.2, 0.25) is 0 Å². The van der Waals surface area contributed by atoms with Crippen molar-refractivity contribution in [1.29, 1.82) is 0 Å². The van der Waals surface area contributed by atoms with Gasteiger partial charge in [-0.05, 0) is 43.2 Å². The first kappa shape index (κ1) is 17.3. The van der Waals surface area contributed by atoms with Crippen molar-refractivity contribution in [2.45, 2.75) is 37.5 Å². The van der Waals surface area contributed by atoms with E-state index in [9.17, 15) is 0 Å². The van der Waals surface area contributed by atoms with Crippen molar-refractivity contribution in [3.8, 4) is 0 Å². The topological polar surface area (TPSA) is 64.0 Å². The summed E-state index contributed by atoms with van der Waals surface area (Å²) >= 11 is 0. The summed E-state index contributed by atoms with van der Waals surface area (Å²) in [6, 6.07) is 11.1. The molecule has 4 heterocycles. The van der Waals surface area contributed by atoms with Crippen LogP contribution >= 0.6 is 0 Å². The van der Waals surface area contributed by atoms with E-state index in [1.807, 2.05) is 6.07 Å². The van der Waals surface area contributed by atoms with E-state index in [-0.39, 0.29) is 12.2 Å². The molecular formula is C22H26N6. The number of fused-ring (bicyclic) bond motifs is 1. The second-order valence-corrected chi connectivity index (χ2v) is 7.64. The minimum absolute atomic E-state index is 0.0890. The van der Waals surface area contributed by atoms with E-state index in [4.69, 9.17) is 10.1 Å². The fourth-order valence-electron chi connectivity index (χ4n) is 4.08. The van der Waals surface area contributed by atoms with Crippen molar-refractivity contribution in [3.63, 3.8) is 0 Å². The Morgan fingerprint density at radius 2 is 2.11 bits per heavy atom. The first-order valence-electron chi connectivity index (χ1n) is 10.1. The largest absolute Gasteiger partial charge is 0.366 e. The van der Waals surface area contributed by atoms with Crippen LogP contribution in [-0.4, -0.2) is 47.9 Å². The van der Waals surface area contributed by atoms with Crippen molar-refractivity contribution in [3.05, 3.63) is 72.1 Å². The van der Waals surface area contributed by atoms with E-state index in [2.05, 4.69) is 75.7 Å². The number of hydrazone groups is 1. The molecular weight excluding hydrogens is 348 g/mol. The van der Waals surface area contributed by atoms with Gasteiger partial charge in [-0.15, -0.1) is 0 Å². The summed E-state index contributed by atoms with van der Waals surface area (Å²) in [7, 11) is 0. The van der Waals surface area contributed by atoms with Crippen molar-refractivity contribution in [1.82, 2.24) is 21.0 Å². The molecule has 0 bridgehead atoms. The number of nitrogens with zero attached hydrogens (tertiary/aromatic N) is 3. The molecule has 6 nitrogen and oxygen atoms in total. The summed E-state index contributed by atoms with van der Waals surface area (Å²) in [5.41, 5.74) is 3.48. The van der Waals surface area contributed by atoms with E-state index in [0.29, 0.717) is 6.04 Å². The van der Waals surface area contributed by atoms with Crippen LogP contribution in [0.2, 0.25) is 0 Å². The van der Waals surface area contributed by atoms with Gasteiger partial charge in [0.05, 0.1) is 17.5 Å². The van der Waals surface area contributed by atoms with Crippen LogP contribution in [0.3, 0.4) is 0 Å². The zero-order chi connectivity index (χ0) is 18.8. The molecule has 0 saturated carbocycles. The average molecular weight is 374 g/mol. The maximum Gasteiger partial charge on any atom is 0.140 e. The van der Waals surface area contributed by atoms with E-state index < -0.39 is 0 Å². The van der Waals surface area contributed by atoms with Gasteiger partial charge < -0.3 is 16.0 Å². The highest BCUT2D eigenvalue weighted by Gasteiger charge is 2.32. The molecule has 1 aromatic rings. The maximum absolute atomic E-state index is 4.97. The summed E-state index contributed by atoms with van der Waals surface area (Å²) in [4.78, 5) is 4.97. The Kier molecular flexibility index (Phi) is 4.71. The van der Waals surface area contributed by atoms with Gasteiger partial charge in [-0.3, -0.25) is 4.99 Å². The lowest BCUT2D eigenvalue weighted by molar-refractivity contribution is 0.296. The second kappa shape index (κ2) is 7.64. The van der Waals surface area contributed by atoms with Crippen molar-refractivity contribution in [2.24, 2.45) is 10.1 Å². The van der Waals surface area contributed by atoms with E-state index in [0.717, 1.165) is 49.6 Å². The molecule has 1 aromatic carbocycles. The molecule has 1 saturated heterocycles. The SMILES string of the molecule is C1=CC(NC2CCNC2)=NC(C2=CNC3C=CC(Cc4ccccc4)=NN23)C1. The third-order valence-corrected chi connectivity index (χ3v) is 5.55. The second-order valence-electron chi connectivity index (χ2n) is 7.64. The summed E-state index contributed by atoms with van der Waals surface area (Å²) in [6.07, 6.45) is 13.7. The molecule has 5 rings (SSSR count). The van der Waals surface area contributed by atoms with Crippen LogP contribution in [0.1, 0.15) is 18.4 Å². The Morgan fingerprint density at radius 1 is 1.18 bits per heavy atom. The molecule has 28 heavy (non-hydrogen) atoms. The summed E-state index contributed by atoms with van der Waals surface area (Å²) in [5.74, 6) is 0.982. The molecule has 0 spiro atoms. The molecule has 0 amide bonds. The van der Waals surface area contributed by atoms with Gasteiger partial charge in [-0.2, -0.15) is 5.10 Å². The third kappa shape index (κ3) is 3.60. The van der Waals surface area contributed by atoms with Crippen LogP contribution in [0.4, 0.5) is 0 Å². The maximum atomic E-state index is 4.97. The van der Waals surface area contributed by atoms with Crippen LogP contribution in [0, 0.1) is 0 Å². The van der Waals surface area contributed by atoms with E-state index >= 15 is 0 Å². The summed E-state index contributed by atoms with van der Waals surface area (Å²) < 4.78 is 0. The van der Waals surface area contributed by atoms with Crippen LogP contribution in [0.25, 0.3) is 0 Å². The number of hydrogen-bond donors (Lipinski definition) is 3. The molecule has 0 radical (unpaired) electrons. The molecule has 4 aliphatic heterocycles. The molecule has 3 unspecified atom stereocenters. The summed E-state index contributed by atoms with van der Waals surface area (Å²) in [5, 5.41) is 17.4. The molecule has 0 aliphatic carbocycles. The van der Waals surface area contributed by atoms with Crippen LogP contribution in [0.15, 0.2) is 76.6 Å². The minimum atomic E-state index is 0.0890.